The van der Waals surface area contributed by atoms with Gasteiger partial charge in [-0.25, -0.2) is 9.97 Å². The lowest BCUT2D eigenvalue weighted by Gasteiger charge is -2.13. The summed E-state index contributed by atoms with van der Waals surface area (Å²) in [4.78, 5) is 23.7. The monoisotopic (exact) mass is 461 g/mol. The van der Waals surface area contributed by atoms with Crippen molar-refractivity contribution < 1.29 is 9.15 Å². The van der Waals surface area contributed by atoms with Gasteiger partial charge in [0.05, 0.1) is 33.8 Å². The first-order valence-corrected chi connectivity index (χ1v) is 12.0. The number of aromatic nitrogens is 3. The maximum absolute atomic E-state index is 13.4. The molecule has 0 spiro atoms. The predicted octanol–water partition coefficient (Wildman–Crippen LogP) is 5.79. The number of hydrogen-bond acceptors (Lipinski definition) is 7. The van der Waals surface area contributed by atoms with E-state index < -0.39 is 0 Å². The molecule has 0 aliphatic heterocycles. The van der Waals surface area contributed by atoms with E-state index in [2.05, 4.69) is 4.98 Å². The average molecular weight is 462 g/mol. The highest BCUT2D eigenvalue weighted by atomic mass is 32.2. The Morgan fingerprint density at radius 3 is 2.69 bits per heavy atom. The van der Waals surface area contributed by atoms with E-state index in [9.17, 15) is 4.79 Å². The van der Waals surface area contributed by atoms with E-state index in [-0.39, 0.29) is 5.56 Å². The molecule has 0 aliphatic carbocycles. The number of thiophene rings is 1. The van der Waals surface area contributed by atoms with Gasteiger partial charge in [-0.2, -0.15) is 0 Å². The van der Waals surface area contributed by atoms with Gasteiger partial charge in [-0.1, -0.05) is 30.0 Å². The zero-order chi connectivity index (χ0) is 21.9. The van der Waals surface area contributed by atoms with Crippen LogP contribution < -0.4 is 10.3 Å². The van der Waals surface area contributed by atoms with Gasteiger partial charge in [0.15, 0.2) is 5.16 Å². The van der Waals surface area contributed by atoms with Crippen LogP contribution in [0.15, 0.2) is 86.7 Å². The van der Waals surface area contributed by atoms with Crippen LogP contribution >= 0.6 is 23.1 Å². The van der Waals surface area contributed by atoms with Crippen molar-refractivity contribution in [3.05, 3.63) is 88.4 Å². The van der Waals surface area contributed by atoms with Crippen LogP contribution in [0.25, 0.3) is 27.4 Å². The predicted molar refractivity (Wildman–Crippen MR) is 128 cm³/mol. The van der Waals surface area contributed by atoms with Gasteiger partial charge in [0.25, 0.3) is 5.56 Å². The Morgan fingerprint density at radius 2 is 1.91 bits per heavy atom. The van der Waals surface area contributed by atoms with Crippen LogP contribution in [-0.4, -0.2) is 21.1 Å². The Bertz CT molecular complexity index is 1410. The first-order chi connectivity index (χ1) is 15.7. The van der Waals surface area contributed by atoms with E-state index in [1.165, 1.54) is 11.8 Å². The van der Waals surface area contributed by atoms with Gasteiger partial charge in [0.1, 0.15) is 12.0 Å². The molecule has 0 saturated carbocycles. The molecule has 160 valence electrons. The fourth-order valence-electron chi connectivity index (χ4n) is 3.32. The summed E-state index contributed by atoms with van der Waals surface area (Å²) in [5.41, 5.74) is 2.08. The quantitative estimate of drug-likeness (QED) is 0.226. The molecule has 5 rings (SSSR count). The summed E-state index contributed by atoms with van der Waals surface area (Å²) in [6.45, 7) is 2.53. The van der Waals surface area contributed by atoms with Crippen molar-refractivity contribution in [3.63, 3.8) is 0 Å². The first-order valence-electron chi connectivity index (χ1n) is 10.1. The molecule has 0 amide bonds. The summed E-state index contributed by atoms with van der Waals surface area (Å²) in [5.74, 6) is 1.89. The van der Waals surface area contributed by atoms with E-state index in [1.807, 2.05) is 66.9 Å². The van der Waals surface area contributed by atoms with Crippen molar-refractivity contribution in [2.24, 2.45) is 0 Å². The van der Waals surface area contributed by atoms with Gasteiger partial charge in [-0.15, -0.1) is 11.3 Å². The maximum atomic E-state index is 13.4. The van der Waals surface area contributed by atoms with Gasteiger partial charge in [0, 0.05) is 5.75 Å². The van der Waals surface area contributed by atoms with E-state index in [0.717, 1.165) is 22.0 Å². The molecular formula is C24H19N3O3S2. The van der Waals surface area contributed by atoms with Crippen LogP contribution in [0.2, 0.25) is 0 Å². The molecule has 0 unspecified atom stereocenters. The topological polar surface area (TPSA) is 70.2 Å². The molecule has 32 heavy (non-hydrogen) atoms. The lowest BCUT2D eigenvalue weighted by Crippen LogP contribution is -2.21. The first kappa shape index (κ1) is 20.5. The van der Waals surface area contributed by atoms with E-state index in [1.54, 1.807) is 28.2 Å². The number of ether oxygens (including phenoxy) is 1. The van der Waals surface area contributed by atoms with E-state index in [0.29, 0.717) is 34.3 Å². The van der Waals surface area contributed by atoms with Gasteiger partial charge in [0.2, 0.25) is 5.89 Å². The smallest absolute Gasteiger partial charge is 0.266 e. The van der Waals surface area contributed by atoms with Crippen LogP contribution in [0.4, 0.5) is 0 Å². The molecule has 3 aromatic heterocycles. The summed E-state index contributed by atoms with van der Waals surface area (Å²) in [6, 6.07) is 18.8. The summed E-state index contributed by atoms with van der Waals surface area (Å²) < 4.78 is 12.8. The third kappa shape index (κ3) is 4.06. The Kier molecular flexibility index (Phi) is 5.79. The molecule has 0 fully saturated rings. The molecule has 6 nitrogen and oxygen atoms in total. The third-order valence-electron chi connectivity index (χ3n) is 4.78. The highest BCUT2D eigenvalue weighted by Gasteiger charge is 2.15. The normalized spacial score (nSPS) is 11.2. The minimum absolute atomic E-state index is 0.110. The summed E-state index contributed by atoms with van der Waals surface area (Å²) in [5, 5.41) is 3.16. The van der Waals surface area contributed by atoms with Crippen LogP contribution in [0, 0.1) is 0 Å². The minimum Gasteiger partial charge on any atom is -0.494 e. The standard InChI is InChI=1S/C24H19N3O3S2/c1-2-29-18-11-9-17(10-12-18)27-23(28)19-6-3-4-7-20(19)26-24(27)32-15-16-14-30-22(25-16)21-8-5-13-31-21/h3-14H,2,15H2,1H3. The van der Waals surface area contributed by atoms with Crippen LogP contribution in [-0.2, 0) is 5.75 Å². The summed E-state index contributed by atoms with van der Waals surface area (Å²) in [7, 11) is 0. The zero-order valence-electron chi connectivity index (χ0n) is 17.2. The average Bonchev–Trinajstić information content (AvgIpc) is 3.51. The number of fused-ring (bicyclic) bond motifs is 1. The molecule has 0 saturated heterocycles. The van der Waals surface area contributed by atoms with Crippen LogP contribution in [0.1, 0.15) is 12.6 Å². The summed E-state index contributed by atoms with van der Waals surface area (Å²) >= 11 is 3.03. The Hall–Kier alpha value is -3.36. The van der Waals surface area contributed by atoms with Gasteiger partial charge >= 0.3 is 0 Å². The van der Waals surface area contributed by atoms with Gasteiger partial charge in [-0.05, 0) is 54.8 Å². The lowest BCUT2D eigenvalue weighted by molar-refractivity contribution is 0.340. The largest absolute Gasteiger partial charge is 0.494 e. The van der Waals surface area contributed by atoms with E-state index >= 15 is 0 Å². The third-order valence-corrected chi connectivity index (χ3v) is 6.61. The molecule has 0 atom stereocenters. The number of oxazole rings is 1. The Balaban J connectivity index is 1.51. The molecule has 0 aliphatic rings. The highest BCUT2D eigenvalue weighted by molar-refractivity contribution is 7.98. The number of benzene rings is 2. The molecular weight excluding hydrogens is 442 g/mol. The molecule has 8 heteroatoms. The van der Waals surface area contributed by atoms with Crippen molar-refractivity contribution in [2.45, 2.75) is 17.8 Å². The molecule has 0 bridgehead atoms. The molecule has 0 radical (unpaired) electrons. The van der Waals surface area contributed by atoms with Crippen molar-refractivity contribution in [2.75, 3.05) is 6.61 Å². The molecule has 2 aromatic carbocycles. The lowest BCUT2D eigenvalue weighted by atomic mass is 10.2. The van der Waals surface area contributed by atoms with Gasteiger partial charge < -0.3 is 9.15 Å². The van der Waals surface area contributed by atoms with Crippen LogP contribution in [0.5, 0.6) is 5.75 Å². The van der Waals surface area contributed by atoms with Gasteiger partial charge in [-0.3, -0.25) is 9.36 Å². The van der Waals surface area contributed by atoms with Crippen molar-refractivity contribution in [1.82, 2.24) is 14.5 Å². The number of thioether (sulfide) groups is 1. The number of nitrogens with zero attached hydrogens (tertiary/aromatic N) is 3. The van der Waals surface area contributed by atoms with Crippen molar-refractivity contribution >= 4 is 34.0 Å². The molecule has 5 aromatic rings. The Labute approximate surface area is 192 Å². The van der Waals surface area contributed by atoms with E-state index in [4.69, 9.17) is 14.1 Å². The second-order valence-corrected chi connectivity index (χ2v) is 8.78. The SMILES string of the molecule is CCOc1ccc(-n2c(SCc3coc(-c4cccs4)n3)nc3ccccc3c2=O)cc1. The number of hydrogen-bond donors (Lipinski definition) is 0. The molecule has 3 heterocycles. The second-order valence-electron chi connectivity index (χ2n) is 6.89. The maximum Gasteiger partial charge on any atom is 0.266 e. The van der Waals surface area contributed by atoms with Crippen LogP contribution in [0.3, 0.4) is 0 Å². The number of rotatable bonds is 7. The number of para-hydroxylation sites is 1. The second kappa shape index (κ2) is 9.02. The fourth-order valence-corrected chi connectivity index (χ4v) is 4.87. The minimum atomic E-state index is -0.110. The van der Waals surface area contributed by atoms with Crippen molar-refractivity contribution in [1.29, 1.82) is 0 Å². The fraction of sp³-hybridized carbons (Fsp3) is 0.125. The highest BCUT2D eigenvalue weighted by Crippen LogP contribution is 2.28. The van der Waals surface area contributed by atoms with Crippen molar-refractivity contribution in [3.8, 4) is 22.2 Å². The zero-order valence-corrected chi connectivity index (χ0v) is 18.9. The molecule has 0 N–H and O–H groups in total. The Morgan fingerprint density at radius 1 is 1.06 bits per heavy atom. The summed E-state index contributed by atoms with van der Waals surface area (Å²) in [6.07, 6.45) is 1.66.